The summed E-state index contributed by atoms with van der Waals surface area (Å²) in [6.45, 7) is 0. The minimum atomic E-state index is -1.69. The van der Waals surface area contributed by atoms with E-state index in [0.717, 1.165) is 17.5 Å². The SMILES string of the molecule is NC(NC1(O)CCc2ccccc21)(c1ccccc1)C(O)(c1ccccc1)c1ccccc1. The molecule has 2 unspecified atom stereocenters. The lowest BCUT2D eigenvalue weighted by Crippen LogP contribution is -2.69. The van der Waals surface area contributed by atoms with Crippen LogP contribution in [-0.2, 0) is 23.4 Å². The molecule has 33 heavy (non-hydrogen) atoms. The lowest BCUT2D eigenvalue weighted by molar-refractivity contribution is -0.100. The molecule has 4 nitrogen and oxygen atoms in total. The van der Waals surface area contributed by atoms with Crippen LogP contribution in [-0.4, -0.2) is 10.2 Å². The Morgan fingerprint density at radius 1 is 0.667 bits per heavy atom. The fourth-order valence-electron chi connectivity index (χ4n) is 5.10. The number of aryl methyl sites for hydroxylation is 1. The largest absolute Gasteiger partial charge is 0.377 e. The highest BCUT2D eigenvalue weighted by atomic mass is 16.3. The summed E-state index contributed by atoms with van der Waals surface area (Å²) in [6, 6.07) is 36.1. The molecule has 1 aliphatic rings. The molecule has 0 saturated heterocycles. The first-order chi connectivity index (χ1) is 16.0. The number of benzene rings is 4. The monoisotopic (exact) mass is 436 g/mol. The van der Waals surface area contributed by atoms with Gasteiger partial charge in [-0.25, -0.2) is 0 Å². The third-order valence-corrected chi connectivity index (χ3v) is 6.81. The topological polar surface area (TPSA) is 78.5 Å². The van der Waals surface area contributed by atoms with E-state index in [4.69, 9.17) is 5.73 Å². The zero-order valence-electron chi connectivity index (χ0n) is 18.4. The van der Waals surface area contributed by atoms with Crippen LogP contribution in [0.15, 0.2) is 115 Å². The predicted octanol–water partition coefficient (Wildman–Crippen LogP) is 4.12. The summed E-state index contributed by atoms with van der Waals surface area (Å²) in [6.07, 6.45) is 1.18. The van der Waals surface area contributed by atoms with Gasteiger partial charge in [0.1, 0.15) is 11.4 Å². The highest BCUT2D eigenvalue weighted by molar-refractivity contribution is 5.46. The van der Waals surface area contributed by atoms with Gasteiger partial charge in [-0.1, -0.05) is 115 Å². The second-order valence-corrected chi connectivity index (χ2v) is 8.76. The van der Waals surface area contributed by atoms with Crippen molar-refractivity contribution in [3.8, 4) is 0 Å². The number of fused-ring (bicyclic) bond motifs is 1. The van der Waals surface area contributed by atoms with E-state index in [0.29, 0.717) is 23.1 Å². The van der Waals surface area contributed by atoms with Gasteiger partial charge in [0.25, 0.3) is 0 Å². The highest BCUT2D eigenvalue weighted by Crippen LogP contribution is 2.46. The van der Waals surface area contributed by atoms with Crippen molar-refractivity contribution in [3.63, 3.8) is 0 Å². The number of nitrogens with two attached hydrogens (primary N) is 1. The smallest absolute Gasteiger partial charge is 0.150 e. The molecule has 0 aliphatic heterocycles. The maximum absolute atomic E-state index is 12.7. The zero-order chi connectivity index (χ0) is 22.9. The Hall–Kier alpha value is -3.28. The van der Waals surface area contributed by atoms with Gasteiger partial charge in [-0.05, 0) is 35.1 Å². The molecule has 0 fully saturated rings. The van der Waals surface area contributed by atoms with Gasteiger partial charge in [0.2, 0.25) is 0 Å². The van der Waals surface area contributed by atoms with E-state index in [-0.39, 0.29) is 0 Å². The van der Waals surface area contributed by atoms with Crippen LogP contribution in [0.4, 0.5) is 0 Å². The van der Waals surface area contributed by atoms with Gasteiger partial charge >= 0.3 is 0 Å². The second kappa shape index (κ2) is 8.25. The van der Waals surface area contributed by atoms with Gasteiger partial charge in [-0.15, -0.1) is 0 Å². The molecule has 4 aromatic carbocycles. The van der Waals surface area contributed by atoms with Crippen LogP contribution in [0.25, 0.3) is 0 Å². The number of hydrogen-bond donors (Lipinski definition) is 4. The zero-order valence-corrected chi connectivity index (χ0v) is 18.4. The van der Waals surface area contributed by atoms with E-state index >= 15 is 0 Å². The van der Waals surface area contributed by atoms with Crippen LogP contribution >= 0.6 is 0 Å². The summed E-state index contributed by atoms with van der Waals surface area (Å²) in [7, 11) is 0. The quantitative estimate of drug-likeness (QED) is 0.343. The van der Waals surface area contributed by atoms with E-state index in [2.05, 4.69) is 5.32 Å². The second-order valence-electron chi connectivity index (χ2n) is 8.76. The summed E-state index contributed by atoms with van der Waals surface area (Å²) in [4.78, 5) is 0. The van der Waals surface area contributed by atoms with Gasteiger partial charge in [0, 0.05) is 5.56 Å². The van der Waals surface area contributed by atoms with Gasteiger partial charge in [-0.3, -0.25) is 5.32 Å². The molecule has 0 heterocycles. The fraction of sp³-hybridized carbons (Fsp3) is 0.172. The van der Waals surface area contributed by atoms with Gasteiger partial charge in [0.15, 0.2) is 5.60 Å². The van der Waals surface area contributed by atoms with Crippen molar-refractivity contribution in [3.05, 3.63) is 143 Å². The lowest BCUT2D eigenvalue weighted by atomic mass is 9.72. The third kappa shape index (κ3) is 3.48. The number of rotatable bonds is 6. The maximum atomic E-state index is 12.7. The Labute approximate surface area is 194 Å². The molecule has 166 valence electrons. The summed E-state index contributed by atoms with van der Waals surface area (Å²) < 4.78 is 0. The Balaban J connectivity index is 1.75. The standard InChI is InChI=1S/C29H28N2O2/c30-29(25-17-8-3-9-18-25,31-27(32)21-20-22-12-10-11-19-26(22)27)28(33,23-13-4-1-5-14-23)24-15-6-2-7-16-24/h1-19,31-33H,20-21,30H2. The van der Waals surface area contributed by atoms with Crippen LogP contribution in [0.3, 0.4) is 0 Å². The molecule has 2 atom stereocenters. The van der Waals surface area contributed by atoms with Crippen molar-refractivity contribution >= 4 is 0 Å². The van der Waals surface area contributed by atoms with Crippen LogP contribution < -0.4 is 11.1 Å². The van der Waals surface area contributed by atoms with E-state index < -0.39 is 17.0 Å². The van der Waals surface area contributed by atoms with E-state index in [1.165, 1.54) is 0 Å². The van der Waals surface area contributed by atoms with Crippen molar-refractivity contribution in [2.24, 2.45) is 5.73 Å². The molecule has 0 spiro atoms. The molecule has 4 heteroatoms. The van der Waals surface area contributed by atoms with Crippen LogP contribution in [0.2, 0.25) is 0 Å². The Morgan fingerprint density at radius 2 is 1.12 bits per heavy atom. The number of nitrogens with one attached hydrogen (secondary N) is 1. The normalized spacial score (nSPS) is 19.6. The molecule has 4 aromatic rings. The number of hydrogen-bond acceptors (Lipinski definition) is 4. The van der Waals surface area contributed by atoms with Crippen molar-refractivity contribution in [2.45, 2.75) is 29.8 Å². The Kier molecular flexibility index (Phi) is 5.39. The van der Waals surface area contributed by atoms with E-state index in [1.807, 2.05) is 115 Å². The van der Waals surface area contributed by atoms with Crippen LogP contribution in [0, 0.1) is 0 Å². The summed E-state index contributed by atoms with van der Waals surface area (Å²) in [5, 5.41) is 27.9. The first-order valence-corrected chi connectivity index (χ1v) is 11.3. The van der Waals surface area contributed by atoms with E-state index in [9.17, 15) is 10.2 Å². The molecule has 0 bridgehead atoms. The predicted molar refractivity (Wildman–Crippen MR) is 130 cm³/mol. The average Bonchev–Trinajstić information content (AvgIpc) is 3.21. The Morgan fingerprint density at radius 3 is 1.67 bits per heavy atom. The van der Waals surface area contributed by atoms with Gasteiger partial charge < -0.3 is 15.9 Å². The third-order valence-electron chi connectivity index (χ3n) is 6.81. The lowest BCUT2D eigenvalue weighted by Gasteiger charge is -2.49. The van der Waals surface area contributed by atoms with Crippen molar-refractivity contribution in [1.29, 1.82) is 0 Å². The maximum Gasteiger partial charge on any atom is 0.150 e. The molecular formula is C29H28N2O2. The summed E-state index contributed by atoms with van der Waals surface area (Å²) in [5.74, 6) is 0. The Bertz CT molecular complexity index is 1190. The van der Waals surface area contributed by atoms with Crippen molar-refractivity contribution in [2.75, 3.05) is 0 Å². The first-order valence-electron chi connectivity index (χ1n) is 11.3. The van der Waals surface area contributed by atoms with Crippen LogP contribution in [0.1, 0.15) is 34.2 Å². The van der Waals surface area contributed by atoms with Gasteiger partial charge in [-0.2, -0.15) is 0 Å². The minimum absolute atomic E-state index is 0.456. The van der Waals surface area contributed by atoms with Crippen molar-refractivity contribution in [1.82, 2.24) is 5.32 Å². The number of aliphatic hydroxyl groups is 2. The summed E-state index contributed by atoms with van der Waals surface area (Å²) >= 11 is 0. The first kappa shape index (κ1) is 21.6. The fourth-order valence-corrected chi connectivity index (χ4v) is 5.10. The van der Waals surface area contributed by atoms with Crippen molar-refractivity contribution < 1.29 is 10.2 Å². The van der Waals surface area contributed by atoms with E-state index in [1.54, 1.807) is 0 Å². The summed E-state index contributed by atoms with van der Waals surface area (Å²) in [5.41, 5.74) is 6.39. The molecule has 0 amide bonds. The molecule has 0 radical (unpaired) electrons. The van der Waals surface area contributed by atoms with Crippen LogP contribution in [0.5, 0.6) is 0 Å². The molecule has 1 aliphatic carbocycles. The average molecular weight is 437 g/mol. The molecular weight excluding hydrogens is 408 g/mol. The minimum Gasteiger partial charge on any atom is -0.377 e. The molecule has 0 aromatic heterocycles. The molecule has 5 rings (SSSR count). The molecule has 5 N–H and O–H groups in total. The highest BCUT2D eigenvalue weighted by Gasteiger charge is 2.55. The molecule has 0 saturated carbocycles. The van der Waals surface area contributed by atoms with Gasteiger partial charge in [0.05, 0.1) is 0 Å².